The number of nitrogens with one attached hydrogen (secondary N) is 1. The molecule has 0 radical (unpaired) electrons. The van der Waals surface area contributed by atoms with Gasteiger partial charge in [0.15, 0.2) is 6.23 Å². The summed E-state index contributed by atoms with van der Waals surface area (Å²) in [5, 5.41) is 12.2. The summed E-state index contributed by atoms with van der Waals surface area (Å²) in [6.07, 6.45) is 1.04. The molecule has 4 rings (SSSR count). The van der Waals surface area contributed by atoms with Gasteiger partial charge in [-0.15, -0.1) is 0 Å². The Balaban J connectivity index is 0.00000361. The Bertz CT molecular complexity index is 1130. The number of rotatable bonds is 8. The average Bonchev–Trinajstić information content (AvgIpc) is 3.41. The number of aliphatic hydroxyl groups is 1. The van der Waals surface area contributed by atoms with E-state index in [1.54, 1.807) is 19.1 Å². The lowest BCUT2D eigenvalue weighted by Crippen LogP contribution is -2.54. The predicted octanol–water partition coefficient (Wildman–Crippen LogP) is -0.736. The highest BCUT2D eigenvalue weighted by molar-refractivity contribution is 7.47. The third-order valence-electron chi connectivity index (χ3n) is 5.62. The topological polar surface area (TPSA) is 249 Å². The Hall–Kier alpha value is -2.66. The first-order valence-corrected chi connectivity index (χ1v) is 12.2. The number of aromatic nitrogens is 2. The van der Waals surface area contributed by atoms with Crippen LogP contribution >= 0.6 is 7.82 Å². The van der Waals surface area contributed by atoms with E-state index >= 15 is 0 Å². The lowest BCUT2D eigenvalue weighted by Gasteiger charge is -2.32. The number of anilines is 1. The minimum absolute atomic E-state index is 0. The molecule has 17 heteroatoms. The number of carbonyl (C=O) groups is 1. The van der Waals surface area contributed by atoms with Crippen molar-refractivity contribution >= 4 is 19.7 Å². The van der Waals surface area contributed by atoms with Crippen molar-refractivity contribution in [1.29, 1.82) is 0 Å². The van der Waals surface area contributed by atoms with E-state index in [-0.39, 0.29) is 25.0 Å². The Morgan fingerprint density at radius 3 is 2.78 bits per heavy atom. The predicted molar refractivity (Wildman–Crippen MR) is 124 cm³/mol. The first kappa shape index (κ1) is 27.9. The van der Waals surface area contributed by atoms with Crippen molar-refractivity contribution in [2.75, 3.05) is 18.9 Å². The summed E-state index contributed by atoms with van der Waals surface area (Å²) in [6.45, 7) is 0.857. The highest BCUT2D eigenvalue weighted by Crippen LogP contribution is 2.48. The molecule has 2 amide bonds. The van der Waals surface area contributed by atoms with Crippen LogP contribution in [0.4, 0.5) is 10.6 Å². The molecule has 36 heavy (non-hydrogen) atoms. The number of hydrogen-bond acceptors (Lipinski definition) is 12. The van der Waals surface area contributed by atoms with Crippen molar-refractivity contribution in [3.63, 3.8) is 0 Å². The lowest BCUT2D eigenvalue weighted by atomic mass is 10.1. The molecular weight excluding hydrogens is 501 g/mol. The minimum atomic E-state index is -4.61. The van der Waals surface area contributed by atoms with E-state index in [2.05, 4.69) is 10.3 Å². The fourth-order valence-electron chi connectivity index (χ4n) is 3.77. The minimum Gasteiger partial charge on any atom is -0.394 e. The first-order chi connectivity index (χ1) is 16.6. The molecule has 1 aromatic rings. The van der Waals surface area contributed by atoms with Gasteiger partial charge < -0.3 is 42.4 Å². The molecule has 3 aliphatic heterocycles. The summed E-state index contributed by atoms with van der Waals surface area (Å²) in [5.74, 6) is 0.0708. The molecule has 16 nitrogen and oxygen atoms in total. The average molecular weight is 531 g/mol. The Kier molecular flexibility index (Phi) is 8.66. The maximum atomic E-state index is 12.6. The molecular formula is C19H30N7O9P. The smallest absolute Gasteiger partial charge is 0.394 e. The zero-order chi connectivity index (χ0) is 25.3. The summed E-state index contributed by atoms with van der Waals surface area (Å²) in [7, 11) is -4.61. The Morgan fingerprint density at radius 2 is 2.08 bits per heavy atom. The van der Waals surface area contributed by atoms with E-state index in [1.165, 1.54) is 27.9 Å². The number of nitrogens with two attached hydrogens (primary N) is 2. The van der Waals surface area contributed by atoms with Crippen LogP contribution in [-0.4, -0.2) is 74.4 Å². The second kappa shape index (κ2) is 11.2. The van der Waals surface area contributed by atoms with Gasteiger partial charge in [0.25, 0.3) is 0 Å². The summed E-state index contributed by atoms with van der Waals surface area (Å²) in [6, 6.07) is 0.926. The van der Waals surface area contributed by atoms with Crippen molar-refractivity contribution in [1.82, 2.24) is 25.9 Å². The maximum absolute atomic E-state index is 12.6. The molecule has 0 aromatic carbocycles. The van der Waals surface area contributed by atoms with E-state index in [1.807, 2.05) is 0 Å². The summed E-state index contributed by atoms with van der Waals surface area (Å²) >= 11 is 0. The number of hydrogen-bond donors (Lipinski definition) is 6. The van der Waals surface area contributed by atoms with Crippen LogP contribution in [0.25, 0.3) is 0 Å². The molecule has 0 aliphatic carbocycles. The number of urea groups is 1. The molecule has 0 saturated carbocycles. The summed E-state index contributed by atoms with van der Waals surface area (Å²) in [4.78, 5) is 39.3. The molecule has 2 unspecified atom stereocenters. The molecule has 10 N–H and O–H groups in total. The van der Waals surface area contributed by atoms with E-state index in [0.717, 1.165) is 0 Å². The van der Waals surface area contributed by atoms with Gasteiger partial charge in [0, 0.05) is 18.8 Å². The van der Waals surface area contributed by atoms with Crippen LogP contribution in [0.5, 0.6) is 0 Å². The lowest BCUT2D eigenvalue weighted by molar-refractivity contribution is -0.0565. The zero-order valence-corrected chi connectivity index (χ0v) is 20.3. The standard InChI is InChI=1S/C19H27N6O9P.H3N/c1-10-7-25(19(28)23-17(10)21)16-6-12(13(8-26)33-16)34-35(29,30)31-9-11-2-3-15(32-11)24-5-4-14(20)22-18(24)27;/h2-5,7,11-13,15-17,26H,6,8-9,21H2,1H3,(H,23,28)(H,29,30)(H2,20,22,27);1H3/t11-,12-,13+,15+,16+,17?;/m0./s1. The fourth-order valence-corrected chi connectivity index (χ4v) is 4.73. The number of amides is 2. The van der Waals surface area contributed by atoms with Crippen LogP contribution in [0.15, 0.2) is 41.0 Å². The van der Waals surface area contributed by atoms with E-state index in [9.17, 15) is 24.2 Å². The quantitative estimate of drug-likeness (QED) is 0.179. The van der Waals surface area contributed by atoms with Gasteiger partial charge >= 0.3 is 19.5 Å². The maximum Gasteiger partial charge on any atom is 0.472 e. The number of carbonyl (C=O) groups excluding carboxylic acids is 1. The molecule has 4 heterocycles. The monoisotopic (exact) mass is 531 g/mol. The van der Waals surface area contributed by atoms with Crippen molar-refractivity contribution in [2.24, 2.45) is 5.73 Å². The van der Waals surface area contributed by atoms with Crippen LogP contribution in [0.2, 0.25) is 0 Å². The zero-order valence-electron chi connectivity index (χ0n) is 19.4. The number of nitrogen functional groups attached to an aromatic ring is 1. The molecule has 3 aliphatic rings. The molecule has 0 bridgehead atoms. The van der Waals surface area contributed by atoms with Crippen LogP contribution in [0.3, 0.4) is 0 Å². The van der Waals surface area contributed by atoms with E-state index in [4.69, 9.17) is 30.0 Å². The van der Waals surface area contributed by atoms with Crippen molar-refractivity contribution in [2.45, 2.75) is 50.3 Å². The van der Waals surface area contributed by atoms with Gasteiger partial charge in [0.1, 0.15) is 36.5 Å². The van der Waals surface area contributed by atoms with Crippen LogP contribution in [-0.2, 0) is 23.1 Å². The van der Waals surface area contributed by atoms with Crippen LogP contribution in [0.1, 0.15) is 19.6 Å². The van der Waals surface area contributed by atoms with Gasteiger partial charge in [-0.3, -0.25) is 18.5 Å². The molecule has 7 atom stereocenters. The molecule has 1 fully saturated rings. The van der Waals surface area contributed by atoms with E-state index < -0.39 is 63.1 Å². The number of phosphoric ester groups is 1. The van der Waals surface area contributed by atoms with Crippen LogP contribution in [0, 0.1) is 0 Å². The van der Waals surface area contributed by atoms with Gasteiger partial charge in [-0.1, -0.05) is 6.08 Å². The third kappa shape index (κ3) is 6.18. The van der Waals surface area contributed by atoms with E-state index in [0.29, 0.717) is 5.57 Å². The van der Waals surface area contributed by atoms with Crippen molar-refractivity contribution in [3.8, 4) is 0 Å². The second-order valence-corrected chi connectivity index (χ2v) is 9.56. The van der Waals surface area contributed by atoms with Gasteiger partial charge in [0.2, 0.25) is 0 Å². The van der Waals surface area contributed by atoms with Gasteiger partial charge in [-0.25, -0.2) is 14.2 Å². The summed E-state index contributed by atoms with van der Waals surface area (Å²) < 4.78 is 35.4. The Morgan fingerprint density at radius 1 is 1.33 bits per heavy atom. The molecule has 1 aromatic heterocycles. The second-order valence-electron chi connectivity index (χ2n) is 8.16. The molecule has 200 valence electrons. The molecule has 1 saturated heterocycles. The highest BCUT2D eigenvalue weighted by atomic mass is 31.2. The van der Waals surface area contributed by atoms with Crippen molar-refractivity contribution < 1.29 is 37.9 Å². The SMILES string of the molecule is CC1=CN([C@H]2C[C@H](OP(=O)(O)OC[C@@H]3C=C[C@H](n4ccc(N)nc4=O)O3)[C@@H](CO)O2)C(=O)NC1N.N. The van der Waals surface area contributed by atoms with Gasteiger partial charge in [-0.2, -0.15) is 4.98 Å². The number of nitrogens with zero attached hydrogens (tertiary/aromatic N) is 3. The normalized spacial score (nSPS) is 31.5. The number of ether oxygens (including phenoxy) is 2. The highest BCUT2D eigenvalue weighted by Gasteiger charge is 2.44. The largest absolute Gasteiger partial charge is 0.472 e. The Labute approximate surface area is 205 Å². The number of aliphatic hydroxyl groups excluding tert-OH is 1. The van der Waals surface area contributed by atoms with Crippen molar-refractivity contribution in [3.05, 3.63) is 46.7 Å². The third-order valence-corrected chi connectivity index (χ3v) is 6.63. The summed E-state index contributed by atoms with van der Waals surface area (Å²) in [5.41, 5.74) is 11.3. The fraction of sp³-hybridized carbons (Fsp3) is 0.526. The van der Waals surface area contributed by atoms with Crippen LogP contribution < -0.4 is 28.6 Å². The van der Waals surface area contributed by atoms with Gasteiger partial charge in [-0.05, 0) is 24.6 Å². The molecule has 0 spiro atoms. The number of phosphoric acid groups is 1. The van der Waals surface area contributed by atoms with Gasteiger partial charge in [0.05, 0.1) is 13.2 Å². The first-order valence-electron chi connectivity index (χ1n) is 10.7.